The number of amides is 1. The monoisotopic (exact) mass is 655 g/mol. The van der Waals surface area contributed by atoms with Crippen LogP contribution in [0.2, 0.25) is 0 Å². The second-order valence-electron chi connectivity index (χ2n) is 13.8. The Balaban J connectivity index is 1.33. The number of hydrogen-bond donors (Lipinski definition) is 1. The van der Waals surface area contributed by atoms with E-state index in [1.807, 2.05) is 14.0 Å². The number of fused-ring (bicyclic) bond motifs is 2. The number of anilines is 2. The number of aromatic nitrogens is 2. The molecule has 3 aliphatic heterocycles. The van der Waals surface area contributed by atoms with Crippen molar-refractivity contribution in [3.05, 3.63) is 65.4 Å². The molecule has 1 unspecified atom stereocenters. The Kier molecular flexibility index (Phi) is 9.85. The molecule has 2 saturated heterocycles. The fourth-order valence-corrected chi connectivity index (χ4v) is 7.83. The summed E-state index contributed by atoms with van der Waals surface area (Å²) >= 11 is 0. The van der Waals surface area contributed by atoms with E-state index in [1.54, 1.807) is 4.90 Å². The first-order valence-corrected chi connectivity index (χ1v) is 16.9. The number of nitrogens with zero attached hydrogens (tertiary/aromatic N) is 7. The van der Waals surface area contributed by atoms with Crippen molar-refractivity contribution in [1.29, 1.82) is 5.26 Å². The van der Waals surface area contributed by atoms with E-state index in [2.05, 4.69) is 71.0 Å². The van der Waals surface area contributed by atoms with Crippen LogP contribution in [0.5, 0.6) is 6.01 Å². The van der Waals surface area contributed by atoms with E-state index in [0.29, 0.717) is 45.8 Å². The Labute approximate surface area is 282 Å². The summed E-state index contributed by atoms with van der Waals surface area (Å²) in [4.78, 5) is 31.4. The summed E-state index contributed by atoms with van der Waals surface area (Å²) in [6.07, 6.45) is 3.33. The Morgan fingerprint density at radius 2 is 2.00 bits per heavy atom. The van der Waals surface area contributed by atoms with Crippen molar-refractivity contribution in [1.82, 2.24) is 19.8 Å². The average molecular weight is 656 g/mol. The number of halogens is 1. The van der Waals surface area contributed by atoms with Gasteiger partial charge in [-0.25, -0.2) is 4.39 Å². The molecule has 254 valence electrons. The van der Waals surface area contributed by atoms with Gasteiger partial charge in [0.2, 0.25) is 5.91 Å². The minimum atomic E-state index is -0.829. The molecule has 0 saturated carbocycles. The molecule has 2 aromatic carbocycles. The van der Waals surface area contributed by atoms with Crippen molar-refractivity contribution in [3.63, 3.8) is 0 Å². The van der Waals surface area contributed by atoms with E-state index in [0.717, 1.165) is 30.0 Å². The molecule has 6 rings (SSSR count). The van der Waals surface area contributed by atoms with Gasteiger partial charge in [0.25, 0.3) is 0 Å². The zero-order chi connectivity index (χ0) is 34.0. The summed E-state index contributed by atoms with van der Waals surface area (Å²) in [6.45, 7) is 9.43. The van der Waals surface area contributed by atoms with Crippen molar-refractivity contribution >= 4 is 28.2 Å². The van der Waals surface area contributed by atoms with Crippen LogP contribution in [0, 0.1) is 24.2 Å². The highest BCUT2D eigenvalue weighted by molar-refractivity contribution is 5.97. The number of aliphatic hydroxyl groups excluding tert-OH is 1. The van der Waals surface area contributed by atoms with E-state index in [-0.39, 0.29) is 36.9 Å². The maximum atomic E-state index is 14.2. The highest BCUT2D eigenvalue weighted by Crippen LogP contribution is 2.37. The number of alkyl halides is 1. The zero-order valence-corrected chi connectivity index (χ0v) is 28.4. The molecule has 0 aliphatic carbocycles. The quantitative estimate of drug-likeness (QED) is 0.335. The lowest BCUT2D eigenvalue weighted by Gasteiger charge is -2.48. The maximum Gasteiger partial charge on any atom is 0.318 e. The van der Waals surface area contributed by atoms with Crippen LogP contribution in [0.4, 0.5) is 15.9 Å². The predicted octanol–water partition coefficient (Wildman–Crippen LogP) is 4.43. The van der Waals surface area contributed by atoms with Crippen molar-refractivity contribution in [2.75, 3.05) is 62.8 Å². The molecule has 11 heteroatoms. The van der Waals surface area contributed by atoms with Crippen molar-refractivity contribution in [2.24, 2.45) is 5.92 Å². The minimum Gasteiger partial charge on any atom is -0.463 e. The third kappa shape index (κ3) is 6.69. The van der Waals surface area contributed by atoms with E-state index in [1.165, 1.54) is 34.2 Å². The highest BCUT2D eigenvalue weighted by atomic mass is 19.1. The average Bonchev–Trinajstić information content (AvgIpc) is 3.42. The van der Waals surface area contributed by atoms with Gasteiger partial charge < -0.3 is 29.4 Å². The molecule has 1 aromatic heterocycles. The van der Waals surface area contributed by atoms with E-state index >= 15 is 0 Å². The van der Waals surface area contributed by atoms with Crippen LogP contribution in [0.3, 0.4) is 0 Å². The molecule has 4 atom stereocenters. The van der Waals surface area contributed by atoms with Crippen LogP contribution in [0.15, 0.2) is 48.6 Å². The fraction of sp³-hybridized carbons (Fsp3) is 0.514. The number of aliphatic hydroxyl groups is 1. The maximum absolute atomic E-state index is 14.2. The Hall–Kier alpha value is -4.27. The Morgan fingerprint density at radius 1 is 1.21 bits per heavy atom. The standard InChI is InChI=1S/C37H46FN7O3/c1-25-8-5-9-27-10-6-11-31(34(25)27)43-16-13-29-30(22-43)40-36(48-23-26(2)32-20-28(38)21-42(32)4)41-35(29)44-17-18-45(33(47)12-7-19-46)37(3,24-44)14-15-39/h5-12,26,28,32,46H,13-14,16-24H2,1-4H3/b12-7+/t26-,28-,32?,37-/m1/s1. The van der Waals surface area contributed by atoms with Crippen LogP contribution in [0.25, 0.3) is 10.8 Å². The van der Waals surface area contributed by atoms with Gasteiger partial charge in [-0.1, -0.05) is 43.3 Å². The summed E-state index contributed by atoms with van der Waals surface area (Å²) in [6, 6.07) is 15.5. The van der Waals surface area contributed by atoms with Crippen molar-refractivity contribution in [2.45, 2.75) is 64.3 Å². The summed E-state index contributed by atoms with van der Waals surface area (Å²) in [7, 11) is 1.96. The Bertz CT molecular complexity index is 1720. The molecule has 2 fully saturated rings. The number of nitriles is 1. The number of carbonyl (C=O) groups excluding carboxylic acids is 1. The zero-order valence-electron chi connectivity index (χ0n) is 28.4. The van der Waals surface area contributed by atoms with Crippen molar-refractivity contribution < 1.29 is 19.0 Å². The number of carbonyl (C=O) groups is 1. The fourth-order valence-electron chi connectivity index (χ4n) is 7.83. The second-order valence-corrected chi connectivity index (χ2v) is 13.8. The summed E-state index contributed by atoms with van der Waals surface area (Å²) in [5, 5.41) is 21.5. The van der Waals surface area contributed by atoms with Gasteiger partial charge in [0.15, 0.2) is 0 Å². The first-order chi connectivity index (χ1) is 23.1. The number of rotatable bonds is 9. The lowest BCUT2D eigenvalue weighted by molar-refractivity contribution is -0.132. The molecule has 0 radical (unpaired) electrons. The molecule has 0 spiro atoms. The molecular formula is C37H46FN7O3. The number of benzene rings is 2. The third-order valence-corrected chi connectivity index (χ3v) is 10.3. The predicted molar refractivity (Wildman–Crippen MR) is 185 cm³/mol. The summed E-state index contributed by atoms with van der Waals surface area (Å²) in [5.74, 6) is 0.632. The third-order valence-electron chi connectivity index (χ3n) is 10.3. The summed E-state index contributed by atoms with van der Waals surface area (Å²) in [5.41, 5.74) is 3.57. The molecule has 3 aromatic rings. The molecule has 1 amide bonds. The smallest absolute Gasteiger partial charge is 0.318 e. The van der Waals surface area contributed by atoms with Gasteiger partial charge in [-0.15, -0.1) is 0 Å². The van der Waals surface area contributed by atoms with Gasteiger partial charge in [-0.3, -0.25) is 4.79 Å². The van der Waals surface area contributed by atoms with Crippen LogP contribution in [0.1, 0.15) is 43.5 Å². The van der Waals surface area contributed by atoms with Crippen LogP contribution >= 0.6 is 0 Å². The van der Waals surface area contributed by atoms with Gasteiger partial charge in [0.05, 0.1) is 43.5 Å². The van der Waals surface area contributed by atoms with Crippen LogP contribution in [-0.4, -0.2) is 102 Å². The largest absolute Gasteiger partial charge is 0.463 e. The van der Waals surface area contributed by atoms with Gasteiger partial charge >= 0.3 is 6.01 Å². The molecular weight excluding hydrogens is 609 g/mol. The number of aryl methyl sites for hydroxylation is 1. The van der Waals surface area contributed by atoms with E-state index in [4.69, 9.17) is 14.7 Å². The lowest BCUT2D eigenvalue weighted by Crippen LogP contribution is -2.62. The van der Waals surface area contributed by atoms with Crippen molar-refractivity contribution in [3.8, 4) is 12.1 Å². The Morgan fingerprint density at radius 3 is 2.73 bits per heavy atom. The molecule has 4 heterocycles. The summed E-state index contributed by atoms with van der Waals surface area (Å²) < 4.78 is 20.5. The van der Waals surface area contributed by atoms with Gasteiger partial charge in [-0.05, 0) is 50.8 Å². The molecule has 10 nitrogen and oxygen atoms in total. The second kappa shape index (κ2) is 14.1. The molecule has 48 heavy (non-hydrogen) atoms. The normalized spacial score (nSPS) is 23.8. The first kappa shape index (κ1) is 33.6. The van der Waals surface area contributed by atoms with E-state index in [9.17, 15) is 19.6 Å². The molecule has 1 N–H and O–H groups in total. The highest BCUT2D eigenvalue weighted by Gasteiger charge is 2.41. The number of hydrogen-bond acceptors (Lipinski definition) is 9. The molecule has 3 aliphatic rings. The van der Waals surface area contributed by atoms with Crippen LogP contribution < -0.4 is 14.5 Å². The number of ether oxygens (including phenoxy) is 1. The number of piperazine rings is 1. The van der Waals surface area contributed by atoms with Gasteiger partial charge in [0, 0.05) is 67.4 Å². The van der Waals surface area contributed by atoms with Crippen LogP contribution in [-0.2, 0) is 17.8 Å². The topological polar surface area (TPSA) is 109 Å². The van der Waals surface area contributed by atoms with Gasteiger partial charge in [0.1, 0.15) is 12.0 Å². The van der Waals surface area contributed by atoms with Gasteiger partial charge in [-0.2, -0.15) is 15.2 Å². The first-order valence-electron chi connectivity index (χ1n) is 16.9. The van der Waals surface area contributed by atoms with E-state index < -0.39 is 11.7 Å². The lowest BCUT2D eigenvalue weighted by atomic mass is 9.91. The minimum absolute atomic E-state index is 0.0782. The molecule has 0 bridgehead atoms. The number of likely N-dealkylation sites (tertiary alicyclic amines) is 1. The SMILES string of the molecule is Cc1cccc2cccc(N3CCc4c(nc(OC[C@@H](C)C5C[C@@H](F)CN5C)nc4N4CCN(C(=O)/C=C/CO)[C@](C)(CC#N)C4)C3)c12.